The molecule has 2 aromatic carbocycles. The van der Waals surface area contributed by atoms with Crippen molar-refractivity contribution in [3.63, 3.8) is 0 Å². The lowest BCUT2D eigenvalue weighted by atomic mass is 9.96. The maximum Gasteiger partial charge on any atom is 0.303 e. The zero-order valence-electron chi connectivity index (χ0n) is 45.7. The fraction of sp³-hybridized carbons (Fsp3) is 0.547. The van der Waals surface area contributed by atoms with Crippen molar-refractivity contribution < 1.29 is 62.6 Å². The Morgan fingerprint density at radius 2 is 0.897 bits per heavy atom. The molecule has 0 heterocycles. The van der Waals surface area contributed by atoms with Crippen molar-refractivity contribution >= 4 is 70.9 Å². The van der Waals surface area contributed by atoms with Crippen LogP contribution in [0.2, 0.25) is 0 Å². The molecule has 0 aliphatic rings. The average Bonchev–Trinajstić information content (AvgIpc) is 3.40. The van der Waals surface area contributed by atoms with Crippen molar-refractivity contribution in [1.29, 1.82) is 0 Å². The molecular formula is C53H80N12O13. The molecule has 78 heavy (non-hydrogen) atoms. The van der Waals surface area contributed by atoms with Gasteiger partial charge in [0.25, 0.3) is 0 Å². The van der Waals surface area contributed by atoms with Gasteiger partial charge < -0.3 is 69.7 Å². The zero-order chi connectivity index (χ0) is 58.6. The standard InChI is InChI=1S/C53H80N12O13/c1-9-30(5)44(64-48(73)33(8)58-41(67)27-57-49(74)38(24-34-17-13-11-14-18-34)63-50(75)37(23-29(3)4)60-40(66)26-54)52(77)59-32(7)47(72)56-28-42(68)61-39(25-35-19-15-12-16-20-35)51(76)65-45(31(6)10-2)53(78)62-36(46(55)71)21-22-43(69)70/h11-20,29-33,36-39,44-45H,9-10,21-28,54H2,1-8H3,(H2,55,71)(H,56,72)(H,57,74)(H,58,67)(H,59,77)(H,60,66)(H,61,68)(H,62,78)(H,63,75)(H,64,73)(H,65,76)(H,69,70)/t30-,31-,32-,33-,36-,37-,38-,39-,44-,45-/m0/s1. The lowest BCUT2D eigenvalue weighted by molar-refractivity contribution is -0.138. The van der Waals surface area contributed by atoms with E-state index in [0.717, 1.165) is 0 Å². The van der Waals surface area contributed by atoms with Gasteiger partial charge in [0.2, 0.25) is 65.0 Å². The fourth-order valence-corrected chi connectivity index (χ4v) is 7.68. The van der Waals surface area contributed by atoms with Gasteiger partial charge in [-0.05, 0) is 55.6 Å². The van der Waals surface area contributed by atoms with E-state index in [1.165, 1.54) is 13.8 Å². The number of carbonyl (C=O) groups excluding carboxylic acids is 11. The third kappa shape index (κ3) is 23.9. The van der Waals surface area contributed by atoms with E-state index in [1.807, 2.05) is 13.8 Å². The van der Waals surface area contributed by atoms with E-state index in [0.29, 0.717) is 24.0 Å². The minimum atomic E-state index is -1.34. The van der Waals surface area contributed by atoms with Crippen molar-refractivity contribution in [3.8, 4) is 0 Å². The second kappa shape index (κ2) is 33.9. The second-order valence-electron chi connectivity index (χ2n) is 19.6. The summed E-state index contributed by atoms with van der Waals surface area (Å²) in [6.45, 7) is 11.7. The van der Waals surface area contributed by atoms with Crippen LogP contribution in [0.5, 0.6) is 0 Å². The topological polar surface area (TPSA) is 397 Å². The molecule has 25 heteroatoms. The summed E-state index contributed by atoms with van der Waals surface area (Å²) in [7, 11) is 0. The van der Waals surface area contributed by atoms with Crippen LogP contribution in [0.25, 0.3) is 0 Å². The molecule has 10 atom stereocenters. The molecule has 0 bridgehead atoms. The summed E-state index contributed by atoms with van der Waals surface area (Å²) >= 11 is 0. The minimum Gasteiger partial charge on any atom is -0.481 e. The third-order valence-corrected chi connectivity index (χ3v) is 12.7. The van der Waals surface area contributed by atoms with Crippen molar-refractivity contribution in [2.24, 2.45) is 29.2 Å². The molecular weight excluding hydrogens is 1010 g/mol. The Morgan fingerprint density at radius 1 is 0.474 bits per heavy atom. The summed E-state index contributed by atoms with van der Waals surface area (Å²) in [5, 5.41) is 34.5. The van der Waals surface area contributed by atoms with Crippen LogP contribution in [0.15, 0.2) is 60.7 Å². The Labute approximate surface area is 454 Å². The predicted molar refractivity (Wildman–Crippen MR) is 287 cm³/mol. The number of rotatable bonds is 34. The van der Waals surface area contributed by atoms with E-state index in [2.05, 4.69) is 53.2 Å². The molecule has 0 aliphatic carbocycles. The number of aliphatic carboxylic acids is 1. The largest absolute Gasteiger partial charge is 0.481 e. The van der Waals surface area contributed by atoms with Gasteiger partial charge in [0.1, 0.15) is 48.3 Å². The third-order valence-electron chi connectivity index (χ3n) is 12.7. The van der Waals surface area contributed by atoms with Crippen LogP contribution in [0.3, 0.4) is 0 Å². The fourth-order valence-electron chi connectivity index (χ4n) is 7.68. The number of carboxylic acids is 1. The monoisotopic (exact) mass is 1090 g/mol. The Bertz CT molecular complexity index is 2380. The van der Waals surface area contributed by atoms with Gasteiger partial charge in [-0.25, -0.2) is 0 Å². The average molecular weight is 1090 g/mol. The molecule has 0 saturated heterocycles. The highest BCUT2D eigenvalue weighted by atomic mass is 16.4. The first-order valence-electron chi connectivity index (χ1n) is 26.0. The predicted octanol–water partition coefficient (Wildman–Crippen LogP) is -1.93. The first kappa shape index (κ1) is 66.2. The highest BCUT2D eigenvalue weighted by Crippen LogP contribution is 2.13. The van der Waals surface area contributed by atoms with Crippen LogP contribution in [0.4, 0.5) is 0 Å². The SMILES string of the molecule is CC[C@H](C)[C@H](NC(=O)[C@H](C)NC(=O)CNC(=O)[C@H](Cc1ccccc1)NC(=O)[C@H](CC(C)C)NC(=O)CN)C(=O)N[C@@H](C)C(=O)NCC(=O)N[C@@H](Cc1ccccc1)C(=O)N[C@H](C(=O)N[C@@H](CCC(=O)O)C(N)=O)[C@@H](C)CC. The van der Waals surface area contributed by atoms with E-state index >= 15 is 0 Å². The molecule has 2 aromatic rings. The van der Waals surface area contributed by atoms with Gasteiger partial charge in [-0.1, -0.05) is 115 Å². The smallest absolute Gasteiger partial charge is 0.303 e. The number of nitrogens with two attached hydrogens (primary N) is 2. The van der Waals surface area contributed by atoms with E-state index in [9.17, 15) is 57.5 Å². The first-order valence-corrected chi connectivity index (χ1v) is 26.0. The molecule has 0 saturated carbocycles. The van der Waals surface area contributed by atoms with Crippen molar-refractivity contribution in [2.45, 2.75) is 149 Å². The number of hydrogen-bond acceptors (Lipinski definition) is 13. The van der Waals surface area contributed by atoms with E-state index in [-0.39, 0.29) is 38.1 Å². The lowest BCUT2D eigenvalue weighted by Gasteiger charge is -2.28. The van der Waals surface area contributed by atoms with Crippen LogP contribution in [-0.2, 0) is 70.4 Å². The van der Waals surface area contributed by atoms with Gasteiger partial charge in [-0.3, -0.25) is 57.5 Å². The molecule has 0 radical (unpaired) electrons. The summed E-state index contributed by atoms with van der Waals surface area (Å²) in [5.41, 5.74) is 12.2. The number of primary amides is 1. The lowest BCUT2D eigenvalue weighted by Crippen LogP contribution is -2.59. The van der Waals surface area contributed by atoms with E-state index in [1.54, 1.807) is 88.4 Å². The van der Waals surface area contributed by atoms with Crippen LogP contribution in [0, 0.1) is 17.8 Å². The van der Waals surface area contributed by atoms with Crippen molar-refractivity contribution in [1.82, 2.24) is 53.2 Å². The summed E-state index contributed by atoms with van der Waals surface area (Å²) < 4.78 is 0. The molecule has 15 N–H and O–H groups in total. The Balaban J connectivity index is 2.10. The quantitative estimate of drug-likeness (QED) is 0.0363. The zero-order valence-corrected chi connectivity index (χ0v) is 45.7. The second-order valence-corrected chi connectivity index (χ2v) is 19.6. The summed E-state index contributed by atoms with van der Waals surface area (Å²) in [4.78, 5) is 156. The van der Waals surface area contributed by atoms with Gasteiger partial charge in [0.15, 0.2) is 0 Å². The highest BCUT2D eigenvalue weighted by molar-refractivity contribution is 5.98. The Kier molecular flexibility index (Phi) is 28.8. The number of hydrogen-bond donors (Lipinski definition) is 13. The molecule has 0 aliphatic heterocycles. The van der Waals surface area contributed by atoms with Gasteiger partial charge in [0, 0.05) is 19.3 Å². The van der Waals surface area contributed by atoms with Gasteiger partial charge in [-0.15, -0.1) is 0 Å². The molecule has 25 nitrogen and oxygen atoms in total. The molecule has 11 amide bonds. The molecule has 430 valence electrons. The van der Waals surface area contributed by atoms with Gasteiger partial charge >= 0.3 is 5.97 Å². The molecule has 0 unspecified atom stereocenters. The van der Waals surface area contributed by atoms with Crippen LogP contribution in [-0.4, -0.2) is 144 Å². The van der Waals surface area contributed by atoms with Crippen molar-refractivity contribution in [3.05, 3.63) is 71.8 Å². The highest BCUT2D eigenvalue weighted by Gasteiger charge is 2.34. The molecule has 0 spiro atoms. The molecule has 2 rings (SSSR count). The minimum absolute atomic E-state index is 0.00647. The van der Waals surface area contributed by atoms with Crippen LogP contribution >= 0.6 is 0 Å². The summed E-state index contributed by atoms with van der Waals surface area (Å²) in [5.74, 6) is -10.6. The Morgan fingerprint density at radius 3 is 1.37 bits per heavy atom. The normalized spacial score (nSPS) is 14.8. The number of nitrogens with one attached hydrogen (secondary N) is 10. The van der Waals surface area contributed by atoms with E-state index in [4.69, 9.17) is 16.6 Å². The maximum absolute atomic E-state index is 13.9. The molecule has 0 fully saturated rings. The van der Waals surface area contributed by atoms with Crippen molar-refractivity contribution in [2.75, 3.05) is 19.6 Å². The van der Waals surface area contributed by atoms with Crippen LogP contribution < -0.4 is 64.6 Å². The van der Waals surface area contributed by atoms with Gasteiger partial charge in [-0.2, -0.15) is 0 Å². The number of carbonyl (C=O) groups is 12. The van der Waals surface area contributed by atoms with Gasteiger partial charge in [0.05, 0.1) is 19.6 Å². The van der Waals surface area contributed by atoms with E-state index < -0.39 is 151 Å². The molecule has 0 aromatic heterocycles. The maximum atomic E-state index is 13.9. The number of carboxylic acid groups (broad SMARTS) is 1. The number of benzene rings is 2. The summed E-state index contributed by atoms with van der Waals surface area (Å²) in [6.07, 6.45) is 0.284. The van der Waals surface area contributed by atoms with Crippen LogP contribution in [0.1, 0.15) is 98.6 Å². The number of amides is 11. The summed E-state index contributed by atoms with van der Waals surface area (Å²) in [6, 6.07) is 7.67. The Hall–Kier alpha value is -7.96. The first-order chi connectivity index (χ1) is 36.8.